The Morgan fingerprint density at radius 3 is 2.38 bits per heavy atom. The van der Waals surface area contributed by atoms with E-state index in [2.05, 4.69) is 22.3 Å². The number of hydrogen-bond donors (Lipinski definition) is 0. The fourth-order valence-electron chi connectivity index (χ4n) is 2.26. The average Bonchev–Trinajstić information content (AvgIpc) is 2.84. The summed E-state index contributed by atoms with van der Waals surface area (Å²) in [5.41, 5.74) is 1.25. The SMILES string of the molecule is CC(C)n1c(CCCc2ccccc2)nnc1S(=O)(=O)Cl. The molecule has 1 aromatic heterocycles. The van der Waals surface area contributed by atoms with Crippen LogP contribution in [-0.4, -0.2) is 23.2 Å². The van der Waals surface area contributed by atoms with Crippen LogP contribution in [0.2, 0.25) is 0 Å². The standard InChI is InChI=1S/C14H18ClN3O2S/c1-11(2)18-13(16-17-14(18)21(15,19)20)10-6-9-12-7-4-3-5-8-12/h3-5,7-8,11H,6,9-10H2,1-2H3. The van der Waals surface area contributed by atoms with Gasteiger partial charge in [0.2, 0.25) is 0 Å². The fraction of sp³-hybridized carbons (Fsp3) is 0.429. The van der Waals surface area contributed by atoms with Gasteiger partial charge < -0.3 is 0 Å². The molecule has 0 N–H and O–H groups in total. The maximum atomic E-state index is 11.5. The molecule has 0 spiro atoms. The van der Waals surface area contributed by atoms with Crippen molar-refractivity contribution in [3.8, 4) is 0 Å². The number of aryl methyl sites for hydroxylation is 2. The highest BCUT2D eigenvalue weighted by Gasteiger charge is 2.23. The zero-order valence-corrected chi connectivity index (χ0v) is 13.6. The molecule has 0 amide bonds. The predicted octanol–water partition coefficient (Wildman–Crippen LogP) is 2.96. The molecule has 114 valence electrons. The van der Waals surface area contributed by atoms with Gasteiger partial charge >= 0.3 is 0 Å². The molecule has 0 unspecified atom stereocenters. The predicted molar refractivity (Wildman–Crippen MR) is 81.9 cm³/mol. The second-order valence-corrected chi connectivity index (χ2v) is 7.60. The zero-order chi connectivity index (χ0) is 15.5. The summed E-state index contributed by atoms with van der Waals surface area (Å²) in [5.74, 6) is 0.653. The zero-order valence-electron chi connectivity index (χ0n) is 12.0. The first-order chi connectivity index (χ1) is 9.89. The van der Waals surface area contributed by atoms with Crippen LogP contribution in [0.3, 0.4) is 0 Å². The van der Waals surface area contributed by atoms with Gasteiger partial charge in [0, 0.05) is 23.1 Å². The molecule has 0 saturated carbocycles. The van der Waals surface area contributed by atoms with Gasteiger partial charge in [0.15, 0.2) is 0 Å². The van der Waals surface area contributed by atoms with E-state index in [1.165, 1.54) is 5.56 Å². The molecule has 0 aliphatic heterocycles. The van der Waals surface area contributed by atoms with E-state index in [1.54, 1.807) is 4.57 Å². The van der Waals surface area contributed by atoms with Gasteiger partial charge in [-0.2, -0.15) is 0 Å². The van der Waals surface area contributed by atoms with E-state index in [4.69, 9.17) is 10.7 Å². The van der Waals surface area contributed by atoms with Gasteiger partial charge in [0.25, 0.3) is 14.2 Å². The minimum atomic E-state index is -3.87. The summed E-state index contributed by atoms with van der Waals surface area (Å²) in [6.45, 7) is 3.77. The molecule has 21 heavy (non-hydrogen) atoms. The molecular formula is C14H18ClN3O2S. The summed E-state index contributed by atoms with van der Waals surface area (Å²) in [4.78, 5) is 0. The first-order valence-corrected chi connectivity index (χ1v) is 9.13. The third kappa shape index (κ3) is 4.04. The normalized spacial score (nSPS) is 12.0. The van der Waals surface area contributed by atoms with E-state index in [1.807, 2.05) is 32.0 Å². The monoisotopic (exact) mass is 327 g/mol. The Hall–Kier alpha value is -1.40. The van der Waals surface area contributed by atoms with Crippen molar-refractivity contribution in [1.82, 2.24) is 14.8 Å². The second-order valence-electron chi connectivity index (χ2n) is 5.14. The van der Waals surface area contributed by atoms with E-state index in [-0.39, 0.29) is 11.2 Å². The molecule has 0 aliphatic carbocycles. The fourth-order valence-corrected chi connectivity index (χ4v) is 3.26. The van der Waals surface area contributed by atoms with Gasteiger partial charge in [-0.3, -0.25) is 4.57 Å². The van der Waals surface area contributed by atoms with E-state index in [0.29, 0.717) is 12.2 Å². The van der Waals surface area contributed by atoms with Crippen molar-refractivity contribution in [2.24, 2.45) is 0 Å². The van der Waals surface area contributed by atoms with E-state index in [9.17, 15) is 8.42 Å². The Kier molecular flexibility index (Phi) is 5.00. The summed E-state index contributed by atoms with van der Waals surface area (Å²) in [7, 11) is 1.53. The second kappa shape index (κ2) is 6.58. The van der Waals surface area contributed by atoms with E-state index in [0.717, 1.165) is 12.8 Å². The lowest BCUT2D eigenvalue weighted by Gasteiger charge is -2.12. The van der Waals surface area contributed by atoms with Crippen LogP contribution in [0.4, 0.5) is 0 Å². The van der Waals surface area contributed by atoms with Crippen LogP contribution in [0.1, 0.15) is 37.7 Å². The number of hydrogen-bond acceptors (Lipinski definition) is 4. The van der Waals surface area contributed by atoms with Crippen molar-refractivity contribution < 1.29 is 8.42 Å². The third-order valence-electron chi connectivity index (χ3n) is 3.18. The summed E-state index contributed by atoms with van der Waals surface area (Å²) >= 11 is 0. The number of rotatable bonds is 6. The summed E-state index contributed by atoms with van der Waals surface area (Å²) in [5, 5.41) is 7.54. The lowest BCUT2D eigenvalue weighted by atomic mass is 10.1. The van der Waals surface area contributed by atoms with Gasteiger partial charge in [0.05, 0.1) is 0 Å². The number of aromatic nitrogens is 3. The Morgan fingerprint density at radius 2 is 1.81 bits per heavy atom. The third-order valence-corrected chi connectivity index (χ3v) is 4.31. The molecule has 1 aromatic carbocycles. The quantitative estimate of drug-likeness (QED) is 0.765. The molecule has 2 rings (SSSR count). The highest BCUT2D eigenvalue weighted by atomic mass is 35.7. The Bertz CT molecular complexity index is 696. The van der Waals surface area contributed by atoms with Crippen molar-refractivity contribution in [3.05, 3.63) is 41.7 Å². The van der Waals surface area contributed by atoms with Crippen LogP contribution >= 0.6 is 10.7 Å². The summed E-state index contributed by atoms with van der Waals surface area (Å²) < 4.78 is 24.6. The molecule has 0 bridgehead atoms. The average molecular weight is 328 g/mol. The minimum Gasteiger partial charge on any atom is -0.298 e. The molecule has 2 aromatic rings. The van der Waals surface area contributed by atoms with Crippen molar-refractivity contribution >= 4 is 19.7 Å². The minimum absolute atomic E-state index is 0.0600. The van der Waals surface area contributed by atoms with Gasteiger partial charge in [-0.25, -0.2) is 8.42 Å². The smallest absolute Gasteiger partial charge is 0.296 e. The van der Waals surface area contributed by atoms with Crippen molar-refractivity contribution in [2.45, 2.75) is 44.3 Å². The van der Waals surface area contributed by atoms with Crippen LogP contribution in [0.15, 0.2) is 35.5 Å². The van der Waals surface area contributed by atoms with Crippen LogP contribution in [0.25, 0.3) is 0 Å². The van der Waals surface area contributed by atoms with E-state index < -0.39 is 9.05 Å². The maximum absolute atomic E-state index is 11.5. The Balaban J connectivity index is 2.12. The van der Waals surface area contributed by atoms with Crippen molar-refractivity contribution in [1.29, 1.82) is 0 Å². The largest absolute Gasteiger partial charge is 0.298 e. The van der Waals surface area contributed by atoms with Gasteiger partial charge in [-0.1, -0.05) is 30.3 Å². The highest BCUT2D eigenvalue weighted by molar-refractivity contribution is 8.13. The first kappa shape index (κ1) is 16.0. The molecule has 0 radical (unpaired) electrons. The van der Waals surface area contributed by atoms with Crippen molar-refractivity contribution in [2.75, 3.05) is 0 Å². The van der Waals surface area contributed by atoms with Gasteiger partial charge in [-0.05, 0) is 32.3 Å². The van der Waals surface area contributed by atoms with Gasteiger partial charge in [-0.15, -0.1) is 10.2 Å². The van der Waals surface area contributed by atoms with Crippen LogP contribution in [0, 0.1) is 0 Å². The molecular weight excluding hydrogens is 310 g/mol. The number of halogens is 1. The lowest BCUT2D eigenvalue weighted by Crippen LogP contribution is -2.12. The lowest BCUT2D eigenvalue weighted by molar-refractivity contribution is 0.505. The van der Waals surface area contributed by atoms with Crippen LogP contribution in [-0.2, 0) is 21.9 Å². The topological polar surface area (TPSA) is 64.8 Å². The molecule has 0 atom stereocenters. The molecule has 5 nitrogen and oxygen atoms in total. The van der Waals surface area contributed by atoms with E-state index >= 15 is 0 Å². The molecule has 0 saturated heterocycles. The summed E-state index contributed by atoms with van der Waals surface area (Å²) in [6.07, 6.45) is 2.44. The Labute approximate surface area is 129 Å². The van der Waals surface area contributed by atoms with Crippen LogP contribution < -0.4 is 0 Å². The number of benzene rings is 1. The van der Waals surface area contributed by atoms with Gasteiger partial charge in [0.1, 0.15) is 5.82 Å². The van der Waals surface area contributed by atoms with Crippen molar-refractivity contribution in [3.63, 3.8) is 0 Å². The molecule has 7 heteroatoms. The Morgan fingerprint density at radius 1 is 1.14 bits per heavy atom. The molecule has 0 aliphatic rings. The molecule has 0 fully saturated rings. The first-order valence-electron chi connectivity index (χ1n) is 6.82. The summed E-state index contributed by atoms with van der Waals surface area (Å²) in [6, 6.07) is 10.1. The highest BCUT2D eigenvalue weighted by Crippen LogP contribution is 2.20. The maximum Gasteiger partial charge on any atom is 0.296 e. The van der Waals surface area contributed by atoms with Crippen LogP contribution in [0.5, 0.6) is 0 Å². The number of nitrogens with zero attached hydrogens (tertiary/aromatic N) is 3. The molecule has 1 heterocycles.